The summed E-state index contributed by atoms with van der Waals surface area (Å²) in [4.78, 5) is 20.8. The number of alkyl halides is 3. The van der Waals surface area contributed by atoms with Crippen molar-refractivity contribution in [2.75, 3.05) is 5.32 Å². The molecule has 2 heterocycles. The molecule has 4 rings (SSSR count). The van der Waals surface area contributed by atoms with Gasteiger partial charge in [0.15, 0.2) is 0 Å². The van der Waals surface area contributed by atoms with Gasteiger partial charge in [0.25, 0.3) is 5.91 Å². The average Bonchev–Trinajstić information content (AvgIpc) is 3.16. The highest BCUT2D eigenvalue weighted by molar-refractivity contribution is 6.12. The third kappa shape index (κ3) is 3.73. The summed E-state index contributed by atoms with van der Waals surface area (Å²) in [6.45, 7) is 3.93. The van der Waals surface area contributed by atoms with E-state index < -0.39 is 23.9 Å². The lowest BCUT2D eigenvalue weighted by Gasteiger charge is -2.11. The molecule has 2 N–H and O–H groups in total. The highest BCUT2D eigenvalue weighted by Crippen LogP contribution is 2.29. The second-order valence-electron chi connectivity index (χ2n) is 6.85. The molecule has 0 unspecified atom stereocenters. The van der Waals surface area contributed by atoms with Gasteiger partial charge in [-0.2, -0.15) is 18.2 Å². The van der Waals surface area contributed by atoms with Crippen LogP contribution in [0.4, 0.5) is 19.1 Å². The summed E-state index contributed by atoms with van der Waals surface area (Å²) in [6, 6.07) is 14.6. The van der Waals surface area contributed by atoms with Crippen molar-refractivity contribution in [2.45, 2.75) is 20.0 Å². The molecule has 1 amide bonds. The fraction of sp³-hybridized carbons (Fsp3) is 0.143. The molecule has 0 aliphatic rings. The molecule has 9 heteroatoms. The number of carbonyl (C=O) groups is 1. The Morgan fingerprint density at radius 2 is 1.80 bits per heavy atom. The van der Waals surface area contributed by atoms with E-state index in [1.165, 1.54) is 0 Å². The normalized spacial score (nSPS) is 11.6. The minimum atomic E-state index is -4.69. The van der Waals surface area contributed by atoms with E-state index in [9.17, 15) is 18.0 Å². The Balaban J connectivity index is 1.77. The Hall–Kier alpha value is -3.75. The van der Waals surface area contributed by atoms with Crippen molar-refractivity contribution in [1.82, 2.24) is 20.2 Å². The average molecular weight is 411 g/mol. The van der Waals surface area contributed by atoms with Gasteiger partial charge in [-0.3, -0.25) is 15.2 Å². The number of nitrogens with zero attached hydrogens (tertiary/aromatic N) is 3. The first kappa shape index (κ1) is 19.6. The molecule has 0 saturated carbocycles. The summed E-state index contributed by atoms with van der Waals surface area (Å²) in [5, 5.41) is 8.10. The number of nitrogens with one attached hydrogen (secondary N) is 2. The number of aryl methyl sites for hydroxylation is 2. The number of rotatable bonds is 3. The number of aromatic nitrogens is 4. The molecule has 2 aromatic heterocycles. The van der Waals surface area contributed by atoms with Crippen LogP contribution in [0.15, 0.2) is 48.5 Å². The summed E-state index contributed by atoms with van der Waals surface area (Å²) in [5.74, 6) is -2.37. The SMILES string of the molecule is Cc1ccc(-c2cc(C(=O)Nc3n[nH]c(C(F)(F)F)n3)c3ccccc3n2)c(C)c1. The maximum absolute atomic E-state index is 12.9. The van der Waals surface area contributed by atoms with Crippen LogP contribution in [0, 0.1) is 13.8 Å². The number of benzene rings is 2. The van der Waals surface area contributed by atoms with Gasteiger partial charge in [-0.15, -0.1) is 5.10 Å². The van der Waals surface area contributed by atoms with Gasteiger partial charge in [0, 0.05) is 10.9 Å². The van der Waals surface area contributed by atoms with Gasteiger partial charge in [0.05, 0.1) is 16.8 Å². The van der Waals surface area contributed by atoms with Crippen LogP contribution in [0.1, 0.15) is 27.3 Å². The second-order valence-corrected chi connectivity index (χ2v) is 6.85. The topological polar surface area (TPSA) is 83.6 Å². The fourth-order valence-corrected chi connectivity index (χ4v) is 3.22. The number of hydrogen-bond donors (Lipinski definition) is 2. The Bertz CT molecular complexity index is 1260. The summed E-state index contributed by atoms with van der Waals surface area (Å²) in [5.41, 5.74) is 4.38. The number of fused-ring (bicyclic) bond motifs is 1. The van der Waals surface area contributed by atoms with Gasteiger partial charge >= 0.3 is 6.18 Å². The molecule has 0 radical (unpaired) electrons. The summed E-state index contributed by atoms with van der Waals surface area (Å²) in [6.07, 6.45) is -4.69. The van der Waals surface area contributed by atoms with Gasteiger partial charge in [0.1, 0.15) is 0 Å². The Kier molecular flexibility index (Phi) is 4.73. The lowest BCUT2D eigenvalue weighted by Crippen LogP contribution is -2.14. The van der Waals surface area contributed by atoms with Crippen LogP contribution >= 0.6 is 0 Å². The summed E-state index contributed by atoms with van der Waals surface area (Å²) in [7, 11) is 0. The number of H-pyrrole nitrogens is 1. The van der Waals surface area contributed by atoms with Gasteiger partial charge in [0.2, 0.25) is 11.8 Å². The van der Waals surface area contributed by atoms with Crippen LogP contribution in [0.25, 0.3) is 22.2 Å². The van der Waals surface area contributed by atoms with Crippen molar-refractivity contribution in [1.29, 1.82) is 0 Å². The van der Waals surface area contributed by atoms with E-state index in [-0.39, 0.29) is 5.56 Å². The van der Waals surface area contributed by atoms with Crippen molar-refractivity contribution in [3.63, 3.8) is 0 Å². The first-order valence-corrected chi connectivity index (χ1v) is 9.01. The van der Waals surface area contributed by atoms with E-state index in [0.717, 1.165) is 16.7 Å². The van der Waals surface area contributed by atoms with Crippen LogP contribution in [-0.2, 0) is 6.18 Å². The molecular formula is C21H16F3N5O. The standard InChI is InChI=1S/C21H16F3N5O/c1-11-7-8-13(12(2)9-11)17-10-15(14-5-3-4-6-16(14)25-17)18(30)26-20-27-19(28-29-20)21(22,23)24/h3-10H,1-2H3,(H2,26,27,28,29,30). The molecular weight excluding hydrogens is 395 g/mol. The highest BCUT2D eigenvalue weighted by atomic mass is 19.4. The number of aromatic amines is 1. The predicted octanol–water partition coefficient (Wildman–Crippen LogP) is 4.91. The molecule has 0 saturated heterocycles. The minimum absolute atomic E-state index is 0.258. The highest BCUT2D eigenvalue weighted by Gasteiger charge is 2.35. The Morgan fingerprint density at radius 1 is 1.03 bits per heavy atom. The van der Waals surface area contributed by atoms with Crippen LogP contribution < -0.4 is 5.32 Å². The number of amides is 1. The Labute approximate surface area is 169 Å². The molecule has 0 spiro atoms. The molecule has 30 heavy (non-hydrogen) atoms. The summed E-state index contributed by atoms with van der Waals surface area (Å²) < 4.78 is 38.2. The first-order valence-electron chi connectivity index (χ1n) is 9.01. The largest absolute Gasteiger partial charge is 0.451 e. The zero-order valence-corrected chi connectivity index (χ0v) is 16.0. The maximum atomic E-state index is 12.9. The van der Waals surface area contributed by atoms with Crippen molar-refractivity contribution in [3.05, 3.63) is 71.0 Å². The second kappa shape index (κ2) is 7.25. The molecule has 0 bridgehead atoms. The zero-order valence-electron chi connectivity index (χ0n) is 16.0. The van der Waals surface area contributed by atoms with E-state index in [1.807, 2.05) is 32.0 Å². The van der Waals surface area contributed by atoms with Crippen LogP contribution in [-0.4, -0.2) is 26.1 Å². The quantitative estimate of drug-likeness (QED) is 0.502. The van der Waals surface area contributed by atoms with Crippen molar-refractivity contribution < 1.29 is 18.0 Å². The van der Waals surface area contributed by atoms with Crippen LogP contribution in [0.2, 0.25) is 0 Å². The first-order chi connectivity index (χ1) is 14.2. The molecule has 152 valence electrons. The van der Waals surface area contributed by atoms with Crippen LogP contribution in [0.5, 0.6) is 0 Å². The molecule has 0 aliphatic carbocycles. The van der Waals surface area contributed by atoms with E-state index in [4.69, 9.17) is 0 Å². The maximum Gasteiger partial charge on any atom is 0.451 e. The molecule has 6 nitrogen and oxygen atoms in total. The van der Waals surface area contributed by atoms with E-state index in [0.29, 0.717) is 16.6 Å². The number of pyridine rings is 1. The molecule has 0 atom stereocenters. The number of carbonyl (C=O) groups excluding carboxylic acids is 1. The Morgan fingerprint density at radius 3 is 2.50 bits per heavy atom. The third-order valence-electron chi connectivity index (χ3n) is 4.60. The number of halogens is 3. The fourth-order valence-electron chi connectivity index (χ4n) is 3.22. The smallest absolute Gasteiger partial charge is 0.289 e. The summed E-state index contributed by atoms with van der Waals surface area (Å²) >= 11 is 0. The van der Waals surface area contributed by atoms with E-state index in [1.54, 1.807) is 35.4 Å². The lowest BCUT2D eigenvalue weighted by molar-refractivity contribution is -0.144. The monoisotopic (exact) mass is 411 g/mol. The van der Waals surface area contributed by atoms with Crippen molar-refractivity contribution in [2.24, 2.45) is 0 Å². The number of anilines is 1. The van der Waals surface area contributed by atoms with Crippen molar-refractivity contribution in [3.8, 4) is 11.3 Å². The predicted molar refractivity (Wildman–Crippen MR) is 106 cm³/mol. The number of para-hydroxylation sites is 1. The van der Waals surface area contributed by atoms with Crippen LogP contribution in [0.3, 0.4) is 0 Å². The number of hydrogen-bond acceptors (Lipinski definition) is 4. The lowest BCUT2D eigenvalue weighted by atomic mass is 9.99. The van der Waals surface area contributed by atoms with Crippen molar-refractivity contribution >= 4 is 22.8 Å². The van der Waals surface area contributed by atoms with Gasteiger partial charge in [-0.25, -0.2) is 4.98 Å². The van der Waals surface area contributed by atoms with E-state index >= 15 is 0 Å². The van der Waals surface area contributed by atoms with Gasteiger partial charge in [-0.1, -0.05) is 42.0 Å². The zero-order chi connectivity index (χ0) is 21.5. The molecule has 2 aromatic carbocycles. The van der Waals surface area contributed by atoms with E-state index in [2.05, 4.69) is 20.4 Å². The van der Waals surface area contributed by atoms with Gasteiger partial charge < -0.3 is 0 Å². The minimum Gasteiger partial charge on any atom is -0.289 e. The molecule has 0 fully saturated rings. The third-order valence-corrected chi connectivity index (χ3v) is 4.60. The molecule has 4 aromatic rings. The van der Waals surface area contributed by atoms with Gasteiger partial charge in [-0.05, 0) is 31.5 Å². The molecule has 0 aliphatic heterocycles.